The summed E-state index contributed by atoms with van der Waals surface area (Å²) in [5.41, 5.74) is -1.60. The van der Waals surface area contributed by atoms with Crippen LogP contribution in [0.25, 0.3) is 0 Å². The number of benzene rings is 1. The highest BCUT2D eigenvalue weighted by Gasteiger charge is 2.39. The minimum absolute atomic E-state index is 0.183. The number of halogens is 3. The number of hydrogen-bond acceptors (Lipinski definition) is 2. The fourth-order valence-corrected chi connectivity index (χ4v) is 2.92. The van der Waals surface area contributed by atoms with E-state index in [1.807, 2.05) is 7.05 Å². The van der Waals surface area contributed by atoms with Crippen LogP contribution < -0.4 is 5.32 Å². The standard InChI is InChI=1S/C13H16BrF2NO/c1-17-8-4-6-13(18,7-5-8)11-10(15)3-2-9(14)12(11)16/h2-3,8,17-18H,4-7H2,1H3. The van der Waals surface area contributed by atoms with E-state index in [-0.39, 0.29) is 10.0 Å². The van der Waals surface area contributed by atoms with Gasteiger partial charge in [-0.2, -0.15) is 0 Å². The Bertz CT molecular complexity index is 445. The maximum Gasteiger partial charge on any atom is 0.146 e. The Labute approximate surface area is 114 Å². The quantitative estimate of drug-likeness (QED) is 0.821. The van der Waals surface area contributed by atoms with Gasteiger partial charge in [-0.1, -0.05) is 0 Å². The molecule has 5 heteroatoms. The van der Waals surface area contributed by atoms with Crippen molar-refractivity contribution in [2.24, 2.45) is 0 Å². The maximum absolute atomic E-state index is 14.0. The van der Waals surface area contributed by atoms with Crippen LogP contribution in [-0.4, -0.2) is 18.2 Å². The second-order valence-electron chi connectivity index (χ2n) is 4.81. The second kappa shape index (κ2) is 5.23. The third-order valence-electron chi connectivity index (χ3n) is 3.73. The van der Waals surface area contributed by atoms with Crippen molar-refractivity contribution in [1.29, 1.82) is 0 Å². The average molecular weight is 320 g/mol. The van der Waals surface area contributed by atoms with Crippen molar-refractivity contribution in [2.75, 3.05) is 7.05 Å². The van der Waals surface area contributed by atoms with Gasteiger partial charge in [-0.15, -0.1) is 0 Å². The lowest BCUT2D eigenvalue weighted by atomic mass is 9.77. The van der Waals surface area contributed by atoms with Crippen LogP contribution in [0.1, 0.15) is 31.2 Å². The molecule has 2 nitrogen and oxygen atoms in total. The van der Waals surface area contributed by atoms with E-state index in [0.717, 1.165) is 0 Å². The van der Waals surface area contributed by atoms with Gasteiger partial charge < -0.3 is 10.4 Å². The first kappa shape index (κ1) is 13.9. The van der Waals surface area contributed by atoms with Gasteiger partial charge >= 0.3 is 0 Å². The molecular formula is C13H16BrF2NO. The van der Waals surface area contributed by atoms with Crippen molar-refractivity contribution in [1.82, 2.24) is 5.32 Å². The average Bonchev–Trinajstić information content (AvgIpc) is 2.35. The van der Waals surface area contributed by atoms with Gasteiger partial charge in [0.15, 0.2) is 0 Å². The molecule has 0 saturated heterocycles. The van der Waals surface area contributed by atoms with E-state index in [2.05, 4.69) is 21.2 Å². The topological polar surface area (TPSA) is 32.3 Å². The van der Waals surface area contributed by atoms with Gasteiger partial charge in [0, 0.05) is 6.04 Å². The Morgan fingerprint density at radius 2 is 1.94 bits per heavy atom. The molecule has 0 unspecified atom stereocenters. The first-order chi connectivity index (χ1) is 8.48. The third kappa shape index (κ3) is 2.44. The van der Waals surface area contributed by atoms with Gasteiger partial charge in [0.1, 0.15) is 11.6 Å². The van der Waals surface area contributed by atoms with Crippen LogP contribution in [0.3, 0.4) is 0 Å². The summed E-state index contributed by atoms with van der Waals surface area (Å²) in [4.78, 5) is 0. The van der Waals surface area contributed by atoms with Crippen molar-refractivity contribution in [3.63, 3.8) is 0 Å². The van der Waals surface area contributed by atoms with Gasteiger partial charge in [0.2, 0.25) is 0 Å². The summed E-state index contributed by atoms with van der Waals surface area (Å²) < 4.78 is 28.0. The molecule has 0 bridgehead atoms. The molecule has 0 spiro atoms. The molecule has 1 aromatic rings. The van der Waals surface area contributed by atoms with E-state index in [4.69, 9.17) is 0 Å². The molecule has 2 N–H and O–H groups in total. The molecule has 0 aromatic heterocycles. The molecule has 1 saturated carbocycles. The Balaban J connectivity index is 2.34. The van der Waals surface area contributed by atoms with Crippen molar-refractivity contribution < 1.29 is 13.9 Å². The molecule has 0 amide bonds. The van der Waals surface area contributed by atoms with Gasteiger partial charge in [0.25, 0.3) is 0 Å². The summed E-state index contributed by atoms with van der Waals surface area (Å²) in [7, 11) is 1.86. The molecule has 0 heterocycles. The zero-order valence-corrected chi connectivity index (χ0v) is 11.7. The molecule has 1 aromatic carbocycles. The van der Waals surface area contributed by atoms with Gasteiger partial charge in [-0.25, -0.2) is 8.78 Å². The smallest absolute Gasteiger partial charge is 0.146 e. The summed E-state index contributed by atoms with van der Waals surface area (Å²) in [5.74, 6) is -1.37. The highest BCUT2D eigenvalue weighted by molar-refractivity contribution is 9.10. The predicted molar refractivity (Wildman–Crippen MR) is 69.3 cm³/mol. The zero-order chi connectivity index (χ0) is 13.3. The van der Waals surface area contributed by atoms with Crippen LogP contribution in [-0.2, 0) is 5.60 Å². The Morgan fingerprint density at radius 3 is 2.50 bits per heavy atom. The van der Waals surface area contributed by atoms with Crippen molar-refractivity contribution in [3.05, 3.63) is 33.8 Å². The van der Waals surface area contributed by atoms with E-state index in [1.165, 1.54) is 12.1 Å². The minimum Gasteiger partial charge on any atom is -0.385 e. The Kier molecular flexibility index (Phi) is 4.04. The van der Waals surface area contributed by atoms with Crippen molar-refractivity contribution in [2.45, 2.75) is 37.3 Å². The summed E-state index contributed by atoms with van der Waals surface area (Å²) in [6.07, 6.45) is 2.14. The van der Waals surface area contributed by atoms with E-state index < -0.39 is 17.2 Å². The number of nitrogens with one attached hydrogen (secondary N) is 1. The lowest BCUT2D eigenvalue weighted by molar-refractivity contribution is -0.0138. The van der Waals surface area contributed by atoms with Gasteiger partial charge in [-0.05, 0) is 60.8 Å². The van der Waals surface area contributed by atoms with Crippen LogP contribution in [0.5, 0.6) is 0 Å². The molecule has 100 valence electrons. The van der Waals surface area contributed by atoms with Crippen LogP contribution in [0.2, 0.25) is 0 Å². The largest absolute Gasteiger partial charge is 0.385 e. The second-order valence-corrected chi connectivity index (χ2v) is 5.67. The fraction of sp³-hybridized carbons (Fsp3) is 0.538. The monoisotopic (exact) mass is 319 g/mol. The van der Waals surface area contributed by atoms with Crippen molar-refractivity contribution >= 4 is 15.9 Å². The number of aliphatic hydroxyl groups is 1. The fourth-order valence-electron chi connectivity index (χ4n) is 2.59. The molecule has 0 radical (unpaired) electrons. The van der Waals surface area contributed by atoms with Crippen LogP contribution >= 0.6 is 15.9 Å². The Morgan fingerprint density at radius 1 is 1.33 bits per heavy atom. The molecule has 2 rings (SSSR count). The summed E-state index contributed by atoms with van der Waals surface area (Å²) in [6.45, 7) is 0. The summed E-state index contributed by atoms with van der Waals surface area (Å²) in [6, 6.07) is 2.81. The Hall–Kier alpha value is -0.520. The highest BCUT2D eigenvalue weighted by Crippen LogP contribution is 2.40. The van der Waals surface area contributed by atoms with Gasteiger partial charge in [-0.3, -0.25) is 0 Å². The molecular weight excluding hydrogens is 304 g/mol. The maximum atomic E-state index is 14.0. The SMILES string of the molecule is CNC1CCC(O)(c2c(F)ccc(Br)c2F)CC1. The molecule has 18 heavy (non-hydrogen) atoms. The first-order valence-corrected chi connectivity index (χ1v) is 6.81. The minimum atomic E-state index is -1.40. The van der Waals surface area contributed by atoms with E-state index in [0.29, 0.717) is 31.7 Å². The molecule has 0 atom stereocenters. The normalized spacial score (nSPS) is 28.4. The highest BCUT2D eigenvalue weighted by atomic mass is 79.9. The van der Waals surface area contributed by atoms with Gasteiger partial charge in [0.05, 0.1) is 15.6 Å². The van der Waals surface area contributed by atoms with Crippen molar-refractivity contribution in [3.8, 4) is 0 Å². The third-order valence-corrected chi connectivity index (χ3v) is 4.34. The van der Waals surface area contributed by atoms with Crippen LogP contribution in [0, 0.1) is 11.6 Å². The van der Waals surface area contributed by atoms with Crippen LogP contribution in [0.4, 0.5) is 8.78 Å². The number of hydrogen-bond donors (Lipinski definition) is 2. The summed E-state index contributed by atoms with van der Waals surface area (Å²) in [5, 5.41) is 13.6. The summed E-state index contributed by atoms with van der Waals surface area (Å²) >= 11 is 3.03. The number of rotatable bonds is 2. The predicted octanol–water partition coefficient (Wildman–Crippen LogP) is 3.08. The molecule has 1 aliphatic carbocycles. The van der Waals surface area contributed by atoms with E-state index >= 15 is 0 Å². The zero-order valence-electron chi connectivity index (χ0n) is 10.1. The lowest BCUT2D eigenvalue weighted by Crippen LogP contribution is -2.39. The van der Waals surface area contributed by atoms with Crippen LogP contribution in [0.15, 0.2) is 16.6 Å². The molecule has 1 fully saturated rings. The molecule has 1 aliphatic rings. The van der Waals surface area contributed by atoms with E-state index in [1.54, 1.807) is 0 Å². The first-order valence-electron chi connectivity index (χ1n) is 6.01. The molecule has 0 aliphatic heterocycles. The lowest BCUT2D eigenvalue weighted by Gasteiger charge is -2.36. The van der Waals surface area contributed by atoms with E-state index in [9.17, 15) is 13.9 Å².